The van der Waals surface area contributed by atoms with Gasteiger partial charge in [0.1, 0.15) is 11.3 Å². The third kappa shape index (κ3) is 2.47. The molecule has 0 spiro atoms. The van der Waals surface area contributed by atoms with Crippen LogP contribution in [-0.2, 0) is 7.05 Å². The molecule has 19 heavy (non-hydrogen) atoms. The van der Waals surface area contributed by atoms with E-state index in [1.54, 1.807) is 25.3 Å². The van der Waals surface area contributed by atoms with Crippen molar-refractivity contribution in [3.05, 3.63) is 52.2 Å². The molecule has 0 aromatic carbocycles. The number of carbonyl (C=O) groups is 1. The van der Waals surface area contributed by atoms with Gasteiger partial charge < -0.3 is 15.0 Å². The van der Waals surface area contributed by atoms with Crippen LogP contribution >= 0.6 is 0 Å². The number of carbonyl (C=O) groups excluding carboxylic acids is 1. The van der Waals surface area contributed by atoms with E-state index in [0.29, 0.717) is 11.4 Å². The zero-order valence-corrected chi connectivity index (χ0v) is 10.5. The van der Waals surface area contributed by atoms with E-state index in [4.69, 9.17) is 0 Å². The van der Waals surface area contributed by atoms with Crippen LogP contribution in [0.5, 0.6) is 5.75 Å². The van der Waals surface area contributed by atoms with Crippen LogP contribution < -0.4 is 10.9 Å². The molecule has 0 aliphatic carbocycles. The first-order valence-corrected chi connectivity index (χ1v) is 5.61. The number of amides is 1. The fraction of sp³-hybridized carbons (Fsp3) is 0.154. The van der Waals surface area contributed by atoms with Crippen LogP contribution in [0.3, 0.4) is 0 Å². The molecular formula is C13H13N3O3. The van der Waals surface area contributed by atoms with Crippen LogP contribution in [-0.4, -0.2) is 20.6 Å². The molecule has 0 bridgehead atoms. The van der Waals surface area contributed by atoms with Gasteiger partial charge in [0, 0.05) is 25.0 Å². The molecule has 0 unspecified atom stereocenters. The fourth-order valence-corrected chi connectivity index (χ4v) is 1.65. The first-order valence-electron chi connectivity index (χ1n) is 5.61. The molecule has 6 nitrogen and oxygen atoms in total. The molecule has 2 rings (SSSR count). The van der Waals surface area contributed by atoms with Crippen LogP contribution in [0.1, 0.15) is 16.1 Å². The molecular weight excluding hydrogens is 246 g/mol. The van der Waals surface area contributed by atoms with Crippen molar-refractivity contribution in [2.24, 2.45) is 7.05 Å². The van der Waals surface area contributed by atoms with Gasteiger partial charge in [0.15, 0.2) is 0 Å². The third-order valence-electron chi connectivity index (χ3n) is 2.80. The first-order chi connectivity index (χ1) is 9.00. The quantitative estimate of drug-likeness (QED) is 0.844. The van der Waals surface area contributed by atoms with Crippen molar-refractivity contribution in [2.45, 2.75) is 6.92 Å². The van der Waals surface area contributed by atoms with Gasteiger partial charge in [-0.25, -0.2) is 0 Å². The number of pyridine rings is 2. The van der Waals surface area contributed by atoms with Gasteiger partial charge in [0.25, 0.3) is 11.5 Å². The van der Waals surface area contributed by atoms with Crippen molar-refractivity contribution in [1.82, 2.24) is 9.55 Å². The number of anilines is 1. The molecule has 2 heterocycles. The summed E-state index contributed by atoms with van der Waals surface area (Å²) in [7, 11) is 1.54. The molecule has 6 heteroatoms. The smallest absolute Gasteiger partial charge is 0.267 e. The summed E-state index contributed by atoms with van der Waals surface area (Å²) in [6.07, 6.45) is 3.02. The Bertz CT molecular complexity index is 678. The molecule has 2 aromatic heterocycles. The monoisotopic (exact) mass is 259 g/mol. The SMILES string of the molecule is Cc1cc(O)c(C(=O)Nc2cccnc2)c(=O)n1C. The van der Waals surface area contributed by atoms with Crippen molar-refractivity contribution >= 4 is 11.6 Å². The summed E-state index contributed by atoms with van der Waals surface area (Å²) >= 11 is 0. The van der Waals surface area contributed by atoms with Crippen LogP contribution in [0.15, 0.2) is 35.4 Å². The summed E-state index contributed by atoms with van der Waals surface area (Å²) in [5.41, 5.74) is 0.200. The fourth-order valence-electron chi connectivity index (χ4n) is 1.65. The first kappa shape index (κ1) is 12.8. The topological polar surface area (TPSA) is 84.2 Å². The molecule has 2 aromatic rings. The van der Waals surface area contributed by atoms with Crippen LogP contribution in [0.4, 0.5) is 5.69 Å². The predicted molar refractivity (Wildman–Crippen MR) is 70.3 cm³/mol. The van der Waals surface area contributed by atoms with E-state index in [1.807, 2.05) is 0 Å². The normalized spacial score (nSPS) is 10.2. The van der Waals surface area contributed by atoms with Crippen LogP contribution in [0.25, 0.3) is 0 Å². The van der Waals surface area contributed by atoms with Crippen molar-refractivity contribution in [3.8, 4) is 5.75 Å². The molecule has 98 valence electrons. The molecule has 0 aliphatic heterocycles. The van der Waals surface area contributed by atoms with E-state index < -0.39 is 11.5 Å². The summed E-state index contributed by atoms with van der Waals surface area (Å²) < 4.78 is 1.30. The third-order valence-corrected chi connectivity index (χ3v) is 2.80. The van der Waals surface area contributed by atoms with Crippen molar-refractivity contribution in [2.75, 3.05) is 5.32 Å². The van der Waals surface area contributed by atoms with Crippen LogP contribution in [0.2, 0.25) is 0 Å². The van der Waals surface area contributed by atoms with E-state index in [1.165, 1.54) is 23.9 Å². The number of aromatic hydroxyl groups is 1. The Balaban J connectivity index is 2.40. The largest absolute Gasteiger partial charge is 0.507 e. The summed E-state index contributed by atoms with van der Waals surface area (Å²) in [5.74, 6) is -0.993. The second-order valence-corrected chi connectivity index (χ2v) is 4.11. The van der Waals surface area contributed by atoms with Crippen molar-refractivity contribution in [3.63, 3.8) is 0 Å². The molecule has 0 fully saturated rings. The van der Waals surface area contributed by atoms with Gasteiger partial charge in [-0.3, -0.25) is 14.6 Å². The van der Waals surface area contributed by atoms with Gasteiger partial charge in [-0.2, -0.15) is 0 Å². The average molecular weight is 259 g/mol. The van der Waals surface area contributed by atoms with Gasteiger partial charge in [0.05, 0.1) is 11.9 Å². The number of hydrogen-bond acceptors (Lipinski definition) is 4. The minimum absolute atomic E-state index is 0.281. The Morgan fingerprint density at radius 1 is 1.47 bits per heavy atom. The summed E-state index contributed by atoms with van der Waals surface area (Å²) in [6.45, 7) is 1.67. The zero-order valence-electron chi connectivity index (χ0n) is 10.5. The highest BCUT2D eigenvalue weighted by Crippen LogP contribution is 2.15. The average Bonchev–Trinajstić information content (AvgIpc) is 2.37. The van der Waals surface area contributed by atoms with Gasteiger partial charge in [-0.05, 0) is 19.1 Å². The van der Waals surface area contributed by atoms with Crippen LogP contribution in [0, 0.1) is 6.92 Å². The van der Waals surface area contributed by atoms with Gasteiger partial charge in [-0.1, -0.05) is 0 Å². The Kier molecular flexibility index (Phi) is 3.33. The van der Waals surface area contributed by atoms with E-state index in [9.17, 15) is 14.7 Å². The van der Waals surface area contributed by atoms with E-state index in [-0.39, 0.29) is 11.3 Å². The number of rotatable bonds is 2. The summed E-state index contributed by atoms with van der Waals surface area (Å²) in [5, 5.41) is 12.3. The number of aryl methyl sites for hydroxylation is 1. The minimum Gasteiger partial charge on any atom is -0.507 e. The Morgan fingerprint density at radius 3 is 2.84 bits per heavy atom. The molecule has 0 saturated carbocycles. The maximum atomic E-state index is 12.0. The second kappa shape index (κ2) is 4.93. The lowest BCUT2D eigenvalue weighted by molar-refractivity contribution is 0.102. The van der Waals surface area contributed by atoms with Crippen molar-refractivity contribution in [1.29, 1.82) is 0 Å². The highest BCUT2D eigenvalue weighted by atomic mass is 16.3. The molecule has 0 radical (unpaired) electrons. The molecule has 0 saturated heterocycles. The highest BCUT2D eigenvalue weighted by Gasteiger charge is 2.18. The lowest BCUT2D eigenvalue weighted by Gasteiger charge is -2.09. The second-order valence-electron chi connectivity index (χ2n) is 4.11. The Morgan fingerprint density at radius 2 is 2.21 bits per heavy atom. The molecule has 1 amide bonds. The molecule has 2 N–H and O–H groups in total. The number of nitrogens with one attached hydrogen (secondary N) is 1. The predicted octanol–water partition coefficient (Wildman–Crippen LogP) is 1.05. The van der Waals surface area contributed by atoms with Gasteiger partial charge in [-0.15, -0.1) is 0 Å². The number of nitrogens with zero attached hydrogens (tertiary/aromatic N) is 2. The number of aromatic nitrogens is 2. The standard InChI is InChI=1S/C13H13N3O3/c1-8-6-10(17)11(13(19)16(8)2)12(18)15-9-4-3-5-14-7-9/h3-7,17H,1-2H3,(H,15,18). The molecule has 0 aliphatic rings. The van der Waals surface area contributed by atoms with E-state index >= 15 is 0 Å². The zero-order chi connectivity index (χ0) is 14.0. The lowest BCUT2D eigenvalue weighted by atomic mass is 10.2. The maximum absolute atomic E-state index is 12.0. The maximum Gasteiger partial charge on any atom is 0.267 e. The Labute approximate surface area is 109 Å². The Hall–Kier alpha value is -2.63. The number of hydrogen-bond donors (Lipinski definition) is 2. The van der Waals surface area contributed by atoms with E-state index in [2.05, 4.69) is 10.3 Å². The summed E-state index contributed by atoms with van der Waals surface area (Å²) in [4.78, 5) is 27.8. The highest BCUT2D eigenvalue weighted by molar-refractivity contribution is 6.05. The van der Waals surface area contributed by atoms with Gasteiger partial charge >= 0.3 is 0 Å². The van der Waals surface area contributed by atoms with Crippen molar-refractivity contribution < 1.29 is 9.90 Å². The summed E-state index contributed by atoms with van der Waals surface area (Å²) in [6, 6.07) is 4.67. The lowest BCUT2D eigenvalue weighted by Crippen LogP contribution is -2.28. The minimum atomic E-state index is -0.661. The van der Waals surface area contributed by atoms with Gasteiger partial charge in [0.2, 0.25) is 0 Å². The van der Waals surface area contributed by atoms with E-state index in [0.717, 1.165) is 0 Å². The molecule has 0 atom stereocenters.